The lowest BCUT2D eigenvalue weighted by molar-refractivity contribution is 0.117. The number of benzene rings is 1. The normalized spacial score (nSPS) is 25.7. The van der Waals surface area contributed by atoms with Gasteiger partial charge in [0.15, 0.2) is 23.1 Å². The van der Waals surface area contributed by atoms with E-state index in [-0.39, 0.29) is 12.1 Å². The predicted octanol–water partition coefficient (Wildman–Crippen LogP) is 3.82. The largest absolute Gasteiger partial charge is 0.473 e. The van der Waals surface area contributed by atoms with E-state index in [1.54, 1.807) is 12.3 Å². The number of nitrogen functional groups attached to an aromatic ring is 1. The van der Waals surface area contributed by atoms with Crippen molar-refractivity contribution < 1.29 is 13.7 Å². The van der Waals surface area contributed by atoms with Crippen molar-refractivity contribution >= 4 is 17.7 Å². The number of halogens is 1. The first-order valence-electron chi connectivity index (χ1n) is 15.6. The number of ether oxygens (including phenoxy) is 1. The molecule has 1 saturated heterocycles. The van der Waals surface area contributed by atoms with Crippen LogP contribution in [0.15, 0.2) is 39.0 Å². The number of aryl methyl sites for hydroxylation is 1. The fraction of sp³-hybridized carbons (Fsp3) is 0.485. The number of nitrogens with two attached hydrogens (primary N) is 2. The van der Waals surface area contributed by atoms with Gasteiger partial charge in [0.25, 0.3) is 0 Å². The highest BCUT2D eigenvalue weighted by atomic mass is 19.1. The summed E-state index contributed by atoms with van der Waals surface area (Å²) >= 11 is 0. The van der Waals surface area contributed by atoms with E-state index in [1.807, 2.05) is 38.1 Å². The molecule has 12 heteroatoms. The average Bonchev–Trinajstić information content (AvgIpc) is 3.77. The molecule has 11 nitrogen and oxygen atoms in total. The summed E-state index contributed by atoms with van der Waals surface area (Å²) in [5.41, 5.74) is 18.3. The third-order valence-corrected chi connectivity index (χ3v) is 9.93. The summed E-state index contributed by atoms with van der Waals surface area (Å²) in [6.07, 6.45) is 5.04. The van der Waals surface area contributed by atoms with Gasteiger partial charge in [-0.1, -0.05) is 11.2 Å². The third kappa shape index (κ3) is 5.04. The van der Waals surface area contributed by atoms with Gasteiger partial charge in [-0.25, -0.2) is 14.4 Å². The zero-order valence-corrected chi connectivity index (χ0v) is 25.9. The van der Waals surface area contributed by atoms with E-state index in [0.717, 1.165) is 65.8 Å². The number of fused-ring (bicyclic) bond motifs is 4. The van der Waals surface area contributed by atoms with E-state index in [9.17, 15) is 9.65 Å². The Balaban J connectivity index is 1.29. The lowest BCUT2D eigenvalue weighted by Crippen LogP contribution is -2.38. The number of alkyl halides is 1. The maximum absolute atomic E-state index is 14.2. The van der Waals surface area contributed by atoms with Crippen LogP contribution in [0.4, 0.5) is 15.9 Å². The Kier molecular flexibility index (Phi) is 7.33. The summed E-state index contributed by atoms with van der Waals surface area (Å²) in [5.74, 6) is 1.82. The summed E-state index contributed by atoms with van der Waals surface area (Å²) in [6, 6.07) is 7.80. The van der Waals surface area contributed by atoms with Crippen molar-refractivity contribution in [1.82, 2.24) is 24.9 Å². The zero-order valence-electron chi connectivity index (χ0n) is 25.9. The molecule has 1 spiro atoms. The Morgan fingerprint density at radius 2 is 2.07 bits per heavy atom. The van der Waals surface area contributed by atoms with E-state index in [2.05, 4.69) is 21.1 Å². The van der Waals surface area contributed by atoms with Gasteiger partial charge in [-0.3, -0.25) is 9.80 Å². The van der Waals surface area contributed by atoms with Crippen LogP contribution in [0.3, 0.4) is 0 Å². The number of anilines is 1. The molecule has 4 aliphatic rings. The molecule has 0 radical (unpaired) electrons. The molecule has 2 aliphatic heterocycles. The van der Waals surface area contributed by atoms with Crippen molar-refractivity contribution in [3.05, 3.63) is 57.5 Å². The lowest BCUT2D eigenvalue weighted by atomic mass is 9.68. The van der Waals surface area contributed by atoms with Crippen molar-refractivity contribution in [1.29, 1.82) is 5.26 Å². The van der Waals surface area contributed by atoms with Crippen LogP contribution in [0.5, 0.6) is 5.88 Å². The van der Waals surface area contributed by atoms with Gasteiger partial charge in [-0.15, -0.1) is 0 Å². The topological polar surface area (TPSA) is 156 Å². The highest BCUT2D eigenvalue weighted by Gasteiger charge is 2.49. The SMILES string of the molecule is CC(Oc1cc(/N=C/C2=C(N)CN(C)C2)nc(-c2noc3c2CCCC32CCc3ccc(N)c(C#N)c32)n1)C1CC(F)CN1C. The minimum absolute atomic E-state index is 0.0896. The molecule has 4 N–H and O–H groups in total. The van der Waals surface area contributed by atoms with E-state index < -0.39 is 11.6 Å². The minimum Gasteiger partial charge on any atom is -0.473 e. The van der Waals surface area contributed by atoms with Crippen LogP contribution in [0.1, 0.15) is 60.6 Å². The van der Waals surface area contributed by atoms with Crippen LogP contribution in [0, 0.1) is 11.3 Å². The quantitative estimate of drug-likeness (QED) is 0.310. The molecule has 0 bridgehead atoms. The molecule has 1 aromatic carbocycles. The number of nitriles is 1. The maximum atomic E-state index is 14.2. The Labute approximate surface area is 261 Å². The Hall–Kier alpha value is -4.34. The molecule has 4 heterocycles. The standard InChI is InChI=1S/C33H38FN9O2/c1-18(26-11-21(34)16-43(26)3)44-28-12-27(38-14-20-15-42(2)17-25(20)37)39-32(40-28)30-22-5-4-9-33(31(22)45-41-30)10-8-19-6-7-24(36)23(13-35)29(19)33/h6-7,12,14,18,21,26H,4-5,8-11,15-17,36-37H2,1-3H3/b38-14+. The highest BCUT2D eigenvalue weighted by Crippen LogP contribution is 2.54. The van der Waals surface area contributed by atoms with E-state index in [4.69, 9.17) is 30.7 Å². The van der Waals surface area contributed by atoms with Gasteiger partial charge in [0.1, 0.15) is 18.3 Å². The van der Waals surface area contributed by atoms with Gasteiger partial charge in [-0.05, 0) is 76.7 Å². The molecule has 2 aromatic heterocycles. The van der Waals surface area contributed by atoms with Crippen LogP contribution in [0.2, 0.25) is 0 Å². The molecule has 3 aromatic rings. The first kappa shape index (κ1) is 29.4. The van der Waals surface area contributed by atoms with Crippen LogP contribution in [0.25, 0.3) is 11.5 Å². The second-order valence-electron chi connectivity index (χ2n) is 13.0. The molecule has 0 amide bonds. The summed E-state index contributed by atoms with van der Waals surface area (Å²) in [7, 11) is 3.91. The zero-order chi connectivity index (χ0) is 31.5. The number of likely N-dealkylation sites (N-methyl/N-ethyl adjacent to an activating group) is 2. The first-order chi connectivity index (χ1) is 21.7. The average molecular weight is 612 g/mol. The number of rotatable bonds is 6. The fourth-order valence-electron chi connectivity index (χ4n) is 7.80. The van der Waals surface area contributed by atoms with Crippen molar-refractivity contribution in [2.45, 2.75) is 69.2 Å². The van der Waals surface area contributed by atoms with Gasteiger partial charge in [0.05, 0.1) is 11.0 Å². The van der Waals surface area contributed by atoms with Crippen molar-refractivity contribution in [3.8, 4) is 23.5 Å². The van der Waals surface area contributed by atoms with E-state index in [0.29, 0.717) is 60.5 Å². The smallest absolute Gasteiger partial charge is 0.219 e. The van der Waals surface area contributed by atoms with Crippen LogP contribution >= 0.6 is 0 Å². The number of aliphatic imine (C=N–C) groups is 1. The second kappa shape index (κ2) is 11.2. The maximum Gasteiger partial charge on any atom is 0.219 e. The Morgan fingerprint density at radius 1 is 1.22 bits per heavy atom. The Bertz CT molecular complexity index is 1760. The summed E-state index contributed by atoms with van der Waals surface area (Å²) in [5, 5.41) is 14.6. The number of aromatic nitrogens is 3. The molecule has 1 fully saturated rings. The van der Waals surface area contributed by atoms with Crippen molar-refractivity contribution in [2.75, 3.05) is 39.5 Å². The summed E-state index contributed by atoms with van der Waals surface area (Å²) < 4.78 is 26.7. The number of hydrogen-bond acceptors (Lipinski definition) is 11. The highest BCUT2D eigenvalue weighted by molar-refractivity contribution is 5.83. The van der Waals surface area contributed by atoms with Gasteiger partial charge in [-0.2, -0.15) is 10.2 Å². The lowest BCUT2D eigenvalue weighted by Gasteiger charge is -2.33. The van der Waals surface area contributed by atoms with Crippen LogP contribution in [-0.2, 0) is 18.3 Å². The molecular weight excluding hydrogens is 573 g/mol. The predicted molar refractivity (Wildman–Crippen MR) is 168 cm³/mol. The van der Waals surface area contributed by atoms with Crippen molar-refractivity contribution in [3.63, 3.8) is 0 Å². The van der Waals surface area contributed by atoms with Crippen LogP contribution in [-0.4, -0.2) is 83.2 Å². The molecule has 7 rings (SSSR count). The molecule has 234 valence electrons. The number of nitrogens with zero attached hydrogens (tertiary/aromatic N) is 7. The van der Waals surface area contributed by atoms with Gasteiger partial charge < -0.3 is 20.7 Å². The number of hydrogen-bond donors (Lipinski definition) is 2. The fourth-order valence-corrected chi connectivity index (χ4v) is 7.80. The molecule has 45 heavy (non-hydrogen) atoms. The number of likely N-dealkylation sites (tertiary alicyclic amines) is 1. The third-order valence-electron chi connectivity index (χ3n) is 9.93. The molecule has 4 unspecified atom stereocenters. The Morgan fingerprint density at radius 3 is 2.80 bits per heavy atom. The monoisotopic (exact) mass is 611 g/mol. The van der Waals surface area contributed by atoms with E-state index >= 15 is 0 Å². The minimum atomic E-state index is -0.887. The van der Waals surface area contributed by atoms with Gasteiger partial charge in [0.2, 0.25) is 5.88 Å². The molecular formula is C33H38FN9O2. The molecule has 0 saturated carbocycles. The molecule has 2 aliphatic carbocycles. The van der Waals surface area contributed by atoms with E-state index in [1.165, 1.54) is 0 Å². The van der Waals surface area contributed by atoms with Crippen molar-refractivity contribution in [2.24, 2.45) is 10.7 Å². The summed E-state index contributed by atoms with van der Waals surface area (Å²) in [4.78, 5) is 18.4. The molecule has 4 atom stereocenters. The second-order valence-corrected chi connectivity index (χ2v) is 13.0. The van der Waals surface area contributed by atoms with Gasteiger partial charge in [0, 0.05) is 60.5 Å². The van der Waals surface area contributed by atoms with Crippen LogP contribution < -0.4 is 16.2 Å². The van der Waals surface area contributed by atoms with Gasteiger partial charge >= 0.3 is 0 Å². The first-order valence-corrected chi connectivity index (χ1v) is 15.6. The summed E-state index contributed by atoms with van der Waals surface area (Å²) in [6.45, 7) is 3.69.